The Kier molecular flexibility index (Phi) is 4.07. The Labute approximate surface area is 110 Å². The quantitative estimate of drug-likeness (QED) is 0.901. The summed E-state index contributed by atoms with van der Waals surface area (Å²) in [4.78, 5) is 31.4. The van der Waals surface area contributed by atoms with E-state index in [9.17, 15) is 9.59 Å². The van der Waals surface area contributed by atoms with E-state index in [2.05, 4.69) is 9.97 Å². The molecule has 2 heterocycles. The van der Waals surface area contributed by atoms with Crippen molar-refractivity contribution >= 4 is 5.91 Å². The second kappa shape index (κ2) is 5.95. The number of nitrogens with zero attached hydrogens (tertiary/aromatic N) is 2. The van der Waals surface area contributed by atoms with Crippen LogP contribution in [-0.2, 0) is 6.54 Å². The molecule has 1 N–H and O–H groups in total. The fourth-order valence-electron chi connectivity index (χ4n) is 1.76. The third kappa shape index (κ3) is 3.28. The summed E-state index contributed by atoms with van der Waals surface area (Å²) in [6.07, 6.45) is 4.85. The van der Waals surface area contributed by atoms with E-state index in [0.29, 0.717) is 18.7 Å². The number of aromatic amines is 1. The first-order valence-corrected chi connectivity index (χ1v) is 6.07. The Morgan fingerprint density at radius 3 is 2.58 bits per heavy atom. The van der Waals surface area contributed by atoms with Crippen molar-refractivity contribution in [2.24, 2.45) is 0 Å². The van der Waals surface area contributed by atoms with E-state index in [1.807, 2.05) is 19.1 Å². The van der Waals surface area contributed by atoms with Gasteiger partial charge in [-0.2, -0.15) is 0 Å². The number of hydrogen-bond acceptors (Lipinski definition) is 3. The third-order valence-electron chi connectivity index (χ3n) is 2.82. The Hall–Kier alpha value is -2.43. The number of rotatable bonds is 4. The zero-order valence-corrected chi connectivity index (χ0v) is 10.7. The second-order valence-corrected chi connectivity index (χ2v) is 4.12. The van der Waals surface area contributed by atoms with Crippen LogP contribution in [0.3, 0.4) is 0 Å². The number of pyridine rings is 2. The minimum atomic E-state index is -0.214. The molecule has 2 rings (SSSR count). The number of hydrogen-bond donors (Lipinski definition) is 1. The molecule has 0 aromatic carbocycles. The molecule has 0 atom stereocenters. The van der Waals surface area contributed by atoms with Crippen molar-refractivity contribution in [3.63, 3.8) is 0 Å². The molecule has 0 aliphatic heterocycles. The summed E-state index contributed by atoms with van der Waals surface area (Å²) in [5, 5.41) is 0. The predicted molar refractivity (Wildman–Crippen MR) is 71.7 cm³/mol. The Morgan fingerprint density at radius 1 is 1.26 bits per heavy atom. The molecule has 0 fully saturated rings. The molecule has 0 unspecified atom stereocenters. The predicted octanol–water partition coefficient (Wildman–Crippen LogP) is 1.43. The summed E-state index contributed by atoms with van der Waals surface area (Å²) in [5.74, 6) is -0.101. The van der Waals surface area contributed by atoms with E-state index in [0.717, 1.165) is 5.56 Å². The van der Waals surface area contributed by atoms with Gasteiger partial charge in [0.2, 0.25) is 5.56 Å². The van der Waals surface area contributed by atoms with Crippen molar-refractivity contribution in [1.29, 1.82) is 0 Å². The molecule has 0 saturated carbocycles. The number of H-pyrrole nitrogens is 1. The first-order chi connectivity index (χ1) is 9.20. The Balaban J connectivity index is 2.15. The molecule has 0 radical (unpaired) electrons. The summed E-state index contributed by atoms with van der Waals surface area (Å²) in [6, 6.07) is 6.65. The highest BCUT2D eigenvalue weighted by Gasteiger charge is 2.14. The van der Waals surface area contributed by atoms with Gasteiger partial charge >= 0.3 is 0 Å². The lowest BCUT2D eigenvalue weighted by atomic mass is 10.2. The fraction of sp³-hybridized carbons (Fsp3) is 0.214. The van der Waals surface area contributed by atoms with E-state index in [4.69, 9.17) is 0 Å². The summed E-state index contributed by atoms with van der Waals surface area (Å²) >= 11 is 0. The van der Waals surface area contributed by atoms with Gasteiger partial charge in [0, 0.05) is 37.7 Å². The zero-order chi connectivity index (χ0) is 13.7. The van der Waals surface area contributed by atoms with Crippen LogP contribution in [0.1, 0.15) is 22.8 Å². The summed E-state index contributed by atoms with van der Waals surface area (Å²) < 4.78 is 0. The van der Waals surface area contributed by atoms with Gasteiger partial charge in [-0.15, -0.1) is 0 Å². The van der Waals surface area contributed by atoms with Crippen LogP contribution in [0.25, 0.3) is 0 Å². The number of nitrogens with one attached hydrogen (secondary N) is 1. The fourth-order valence-corrected chi connectivity index (χ4v) is 1.76. The largest absolute Gasteiger partial charge is 0.335 e. The van der Waals surface area contributed by atoms with Gasteiger partial charge in [0.05, 0.1) is 5.56 Å². The minimum Gasteiger partial charge on any atom is -0.335 e. The second-order valence-electron chi connectivity index (χ2n) is 4.12. The highest BCUT2D eigenvalue weighted by molar-refractivity contribution is 5.93. The van der Waals surface area contributed by atoms with Crippen molar-refractivity contribution in [3.05, 3.63) is 64.3 Å². The molecular weight excluding hydrogens is 242 g/mol. The molecule has 0 spiro atoms. The van der Waals surface area contributed by atoms with Gasteiger partial charge in [0.25, 0.3) is 5.91 Å². The van der Waals surface area contributed by atoms with Crippen LogP contribution in [0.5, 0.6) is 0 Å². The number of carbonyl (C=O) groups excluding carboxylic acids is 1. The monoisotopic (exact) mass is 257 g/mol. The van der Waals surface area contributed by atoms with E-state index in [-0.39, 0.29) is 11.5 Å². The highest BCUT2D eigenvalue weighted by atomic mass is 16.2. The van der Waals surface area contributed by atoms with Crippen LogP contribution in [0.15, 0.2) is 47.7 Å². The standard InChI is InChI=1S/C14H15N3O2/c1-2-17(10-11-5-7-15-8-6-11)14(19)12-3-4-13(18)16-9-12/h3-9H,2,10H2,1H3,(H,16,18). The SMILES string of the molecule is CCN(Cc1ccncc1)C(=O)c1ccc(=O)[nH]c1. The molecule has 1 amide bonds. The molecule has 98 valence electrons. The Morgan fingerprint density at radius 2 is 2.00 bits per heavy atom. The lowest BCUT2D eigenvalue weighted by Crippen LogP contribution is -2.30. The molecule has 5 nitrogen and oxygen atoms in total. The van der Waals surface area contributed by atoms with E-state index >= 15 is 0 Å². The summed E-state index contributed by atoms with van der Waals surface area (Å²) in [5.41, 5.74) is 1.29. The number of amides is 1. The maximum absolute atomic E-state index is 12.3. The molecule has 0 bridgehead atoms. The van der Waals surface area contributed by atoms with Gasteiger partial charge in [0.1, 0.15) is 0 Å². The van der Waals surface area contributed by atoms with Crippen LogP contribution in [-0.4, -0.2) is 27.3 Å². The number of aromatic nitrogens is 2. The van der Waals surface area contributed by atoms with Crippen LogP contribution in [0, 0.1) is 0 Å². The van der Waals surface area contributed by atoms with Gasteiger partial charge in [-0.3, -0.25) is 14.6 Å². The van der Waals surface area contributed by atoms with E-state index in [1.54, 1.807) is 17.3 Å². The van der Waals surface area contributed by atoms with Crippen molar-refractivity contribution in [2.45, 2.75) is 13.5 Å². The van der Waals surface area contributed by atoms with E-state index in [1.165, 1.54) is 18.3 Å². The van der Waals surface area contributed by atoms with Crippen LogP contribution < -0.4 is 5.56 Å². The molecule has 2 aromatic heterocycles. The highest BCUT2D eigenvalue weighted by Crippen LogP contribution is 2.07. The van der Waals surface area contributed by atoms with Crippen LogP contribution in [0.2, 0.25) is 0 Å². The van der Waals surface area contributed by atoms with Crippen molar-refractivity contribution < 1.29 is 4.79 Å². The first kappa shape index (κ1) is 13.0. The van der Waals surface area contributed by atoms with Gasteiger partial charge in [-0.05, 0) is 30.7 Å². The van der Waals surface area contributed by atoms with Crippen molar-refractivity contribution in [3.8, 4) is 0 Å². The molecule has 2 aromatic rings. The lowest BCUT2D eigenvalue weighted by molar-refractivity contribution is 0.0752. The van der Waals surface area contributed by atoms with Gasteiger partial charge in [0.15, 0.2) is 0 Å². The van der Waals surface area contributed by atoms with Crippen molar-refractivity contribution in [2.75, 3.05) is 6.54 Å². The van der Waals surface area contributed by atoms with Crippen molar-refractivity contribution in [1.82, 2.24) is 14.9 Å². The molecule has 5 heteroatoms. The van der Waals surface area contributed by atoms with Crippen LogP contribution in [0.4, 0.5) is 0 Å². The lowest BCUT2D eigenvalue weighted by Gasteiger charge is -2.20. The smallest absolute Gasteiger partial charge is 0.255 e. The summed E-state index contributed by atoms with van der Waals surface area (Å²) in [7, 11) is 0. The average Bonchev–Trinajstić information content (AvgIpc) is 2.46. The van der Waals surface area contributed by atoms with Gasteiger partial charge in [-0.25, -0.2) is 0 Å². The molecule has 19 heavy (non-hydrogen) atoms. The molecule has 0 saturated heterocycles. The maximum atomic E-state index is 12.3. The maximum Gasteiger partial charge on any atom is 0.255 e. The first-order valence-electron chi connectivity index (χ1n) is 6.07. The summed E-state index contributed by atoms with van der Waals surface area (Å²) in [6.45, 7) is 3.04. The molecular formula is C14H15N3O2. The number of carbonyl (C=O) groups is 1. The van der Waals surface area contributed by atoms with Gasteiger partial charge < -0.3 is 9.88 Å². The Bertz CT molecular complexity index is 587. The third-order valence-corrected chi connectivity index (χ3v) is 2.82. The molecule has 0 aliphatic rings. The normalized spacial score (nSPS) is 10.2. The van der Waals surface area contributed by atoms with Crippen LogP contribution >= 0.6 is 0 Å². The topological polar surface area (TPSA) is 66.1 Å². The van der Waals surface area contributed by atoms with Gasteiger partial charge in [-0.1, -0.05) is 0 Å². The average molecular weight is 257 g/mol. The minimum absolute atomic E-state index is 0.101. The zero-order valence-electron chi connectivity index (χ0n) is 10.7. The van der Waals surface area contributed by atoms with E-state index < -0.39 is 0 Å². The molecule has 0 aliphatic carbocycles.